The molecule has 1 unspecified atom stereocenters. The van der Waals surface area contributed by atoms with Crippen LogP contribution < -0.4 is 10.6 Å². The first kappa shape index (κ1) is 13.2. The van der Waals surface area contributed by atoms with E-state index in [0.717, 1.165) is 12.5 Å². The van der Waals surface area contributed by atoms with Crippen molar-refractivity contribution in [2.75, 3.05) is 46.3 Å². The fourth-order valence-electron chi connectivity index (χ4n) is 3.59. The molecule has 3 saturated heterocycles. The number of hydrogen-bond acceptors (Lipinski definition) is 3. The summed E-state index contributed by atoms with van der Waals surface area (Å²) in [5.41, 5.74) is 0. The molecule has 5 nitrogen and oxygen atoms in total. The minimum absolute atomic E-state index is 0.637. The summed E-state index contributed by atoms with van der Waals surface area (Å²) in [5.74, 6) is 0.990. The number of piperazine rings is 3. The highest BCUT2D eigenvalue weighted by Crippen LogP contribution is 2.17. The van der Waals surface area contributed by atoms with Crippen LogP contribution in [0.25, 0.3) is 0 Å². The smallest absolute Gasteiger partial charge is 0.191 e. The maximum atomic E-state index is 4.36. The van der Waals surface area contributed by atoms with Crippen LogP contribution in [0.15, 0.2) is 4.99 Å². The number of fused-ring (bicyclic) bond motifs is 3. The summed E-state index contributed by atoms with van der Waals surface area (Å²) < 4.78 is 0. The van der Waals surface area contributed by atoms with E-state index in [0.29, 0.717) is 12.1 Å². The van der Waals surface area contributed by atoms with Gasteiger partial charge in [0, 0.05) is 58.4 Å². The molecule has 2 bridgehead atoms. The number of hydrogen-bond donors (Lipinski definition) is 2. The monoisotopic (exact) mass is 265 g/mol. The van der Waals surface area contributed by atoms with Crippen LogP contribution in [0.5, 0.6) is 0 Å². The van der Waals surface area contributed by atoms with Crippen molar-refractivity contribution in [2.45, 2.75) is 37.8 Å². The molecule has 3 heterocycles. The van der Waals surface area contributed by atoms with Crippen LogP contribution in [0.2, 0.25) is 0 Å². The summed E-state index contributed by atoms with van der Waals surface area (Å²) in [6, 6.07) is 1.29. The first-order valence-electron chi connectivity index (χ1n) is 7.79. The number of nitrogens with zero attached hydrogens (tertiary/aromatic N) is 3. The standard InChI is InChI=1S/C14H27N5/c1-15-14(17-12-4-2-3-5-12)16-10-13-11-18-6-8-19(13)9-7-18/h12-13H,2-11H2,1H3,(H2,15,16,17). The third-order valence-electron chi connectivity index (χ3n) is 4.82. The Bertz CT molecular complexity index is 316. The third-order valence-corrected chi connectivity index (χ3v) is 4.82. The quantitative estimate of drug-likeness (QED) is 0.561. The van der Waals surface area contributed by atoms with E-state index < -0.39 is 0 Å². The molecular formula is C14H27N5. The van der Waals surface area contributed by atoms with Crippen molar-refractivity contribution in [1.82, 2.24) is 20.4 Å². The summed E-state index contributed by atoms with van der Waals surface area (Å²) in [4.78, 5) is 9.56. The number of nitrogens with one attached hydrogen (secondary N) is 2. The molecule has 0 aromatic rings. The molecule has 0 aromatic carbocycles. The average Bonchev–Trinajstić information content (AvgIpc) is 2.97. The molecule has 19 heavy (non-hydrogen) atoms. The predicted molar refractivity (Wildman–Crippen MR) is 78.6 cm³/mol. The Kier molecular flexibility index (Phi) is 4.23. The molecule has 4 rings (SSSR count). The molecule has 4 fully saturated rings. The van der Waals surface area contributed by atoms with Gasteiger partial charge in [-0.15, -0.1) is 0 Å². The highest BCUT2D eigenvalue weighted by atomic mass is 15.4. The van der Waals surface area contributed by atoms with Gasteiger partial charge < -0.3 is 10.6 Å². The first-order chi connectivity index (χ1) is 9.35. The summed E-state index contributed by atoms with van der Waals surface area (Å²) >= 11 is 0. The molecule has 0 radical (unpaired) electrons. The Labute approximate surface area is 116 Å². The second-order valence-electron chi connectivity index (χ2n) is 6.07. The molecule has 0 amide bonds. The van der Waals surface area contributed by atoms with Gasteiger partial charge in [-0.05, 0) is 12.8 Å². The van der Waals surface area contributed by atoms with Crippen molar-refractivity contribution in [3.05, 3.63) is 0 Å². The van der Waals surface area contributed by atoms with Crippen LogP contribution in [-0.4, -0.2) is 74.2 Å². The largest absolute Gasteiger partial charge is 0.355 e. The van der Waals surface area contributed by atoms with Crippen LogP contribution in [0.1, 0.15) is 25.7 Å². The zero-order chi connectivity index (χ0) is 13.1. The number of aliphatic imine (C=N–C) groups is 1. The van der Waals surface area contributed by atoms with Crippen LogP contribution in [0.3, 0.4) is 0 Å². The lowest BCUT2D eigenvalue weighted by Gasteiger charge is -2.47. The fraction of sp³-hybridized carbons (Fsp3) is 0.929. The van der Waals surface area contributed by atoms with E-state index in [9.17, 15) is 0 Å². The minimum atomic E-state index is 0.637. The van der Waals surface area contributed by atoms with Crippen LogP contribution in [0, 0.1) is 0 Å². The van der Waals surface area contributed by atoms with Gasteiger partial charge in [-0.1, -0.05) is 12.8 Å². The Morgan fingerprint density at radius 3 is 2.47 bits per heavy atom. The molecule has 1 saturated carbocycles. The van der Waals surface area contributed by atoms with Gasteiger partial charge in [0.15, 0.2) is 5.96 Å². The van der Waals surface area contributed by atoms with Crippen molar-refractivity contribution >= 4 is 5.96 Å². The van der Waals surface area contributed by atoms with Gasteiger partial charge in [0.2, 0.25) is 0 Å². The van der Waals surface area contributed by atoms with E-state index in [1.165, 1.54) is 58.4 Å². The fourth-order valence-corrected chi connectivity index (χ4v) is 3.59. The molecule has 1 aliphatic carbocycles. The topological polar surface area (TPSA) is 42.9 Å². The number of guanidine groups is 1. The second kappa shape index (κ2) is 6.09. The van der Waals surface area contributed by atoms with Gasteiger partial charge in [0.05, 0.1) is 0 Å². The van der Waals surface area contributed by atoms with E-state index in [1.54, 1.807) is 0 Å². The zero-order valence-electron chi connectivity index (χ0n) is 12.1. The molecule has 0 spiro atoms. The van der Waals surface area contributed by atoms with Crippen molar-refractivity contribution in [3.8, 4) is 0 Å². The molecule has 5 heteroatoms. The molecule has 2 N–H and O–H groups in total. The van der Waals surface area contributed by atoms with Crippen LogP contribution in [-0.2, 0) is 0 Å². The van der Waals surface area contributed by atoms with Crippen molar-refractivity contribution in [1.29, 1.82) is 0 Å². The summed E-state index contributed by atoms with van der Waals surface area (Å²) in [6.07, 6.45) is 5.31. The maximum Gasteiger partial charge on any atom is 0.191 e. The maximum absolute atomic E-state index is 4.36. The molecule has 4 aliphatic rings. The zero-order valence-corrected chi connectivity index (χ0v) is 12.1. The molecule has 0 aromatic heterocycles. The molecule has 1 atom stereocenters. The first-order valence-corrected chi connectivity index (χ1v) is 7.79. The van der Waals surface area contributed by atoms with E-state index >= 15 is 0 Å². The molecular weight excluding hydrogens is 238 g/mol. The normalized spacial score (nSPS) is 35.6. The van der Waals surface area contributed by atoms with E-state index in [4.69, 9.17) is 0 Å². The predicted octanol–water partition coefficient (Wildman–Crippen LogP) is 0.0938. The Morgan fingerprint density at radius 2 is 1.89 bits per heavy atom. The lowest BCUT2D eigenvalue weighted by Crippen LogP contribution is -2.64. The third kappa shape index (κ3) is 3.20. The lowest BCUT2D eigenvalue weighted by atomic mass is 10.1. The Hall–Kier alpha value is -0.810. The van der Waals surface area contributed by atoms with Crippen molar-refractivity contribution in [2.24, 2.45) is 4.99 Å². The minimum Gasteiger partial charge on any atom is -0.355 e. The van der Waals surface area contributed by atoms with Gasteiger partial charge in [-0.3, -0.25) is 14.8 Å². The summed E-state index contributed by atoms with van der Waals surface area (Å²) in [5, 5.41) is 7.08. The van der Waals surface area contributed by atoms with Gasteiger partial charge >= 0.3 is 0 Å². The van der Waals surface area contributed by atoms with E-state index in [-0.39, 0.29) is 0 Å². The second-order valence-corrected chi connectivity index (χ2v) is 6.07. The summed E-state index contributed by atoms with van der Waals surface area (Å²) in [7, 11) is 1.88. The van der Waals surface area contributed by atoms with Gasteiger partial charge in [-0.25, -0.2) is 0 Å². The van der Waals surface area contributed by atoms with Crippen LogP contribution in [0.4, 0.5) is 0 Å². The van der Waals surface area contributed by atoms with Gasteiger partial charge in [0.1, 0.15) is 0 Å². The SMILES string of the molecule is CN=C(NCC1CN2CCN1CC2)NC1CCCC1. The highest BCUT2D eigenvalue weighted by molar-refractivity contribution is 5.80. The van der Waals surface area contributed by atoms with Crippen LogP contribution >= 0.6 is 0 Å². The Morgan fingerprint density at radius 1 is 1.16 bits per heavy atom. The molecule has 108 valence electrons. The van der Waals surface area contributed by atoms with E-state index in [1.807, 2.05) is 7.05 Å². The van der Waals surface area contributed by atoms with Gasteiger partial charge in [-0.2, -0.15) is 0 Å². The lowest BCUT2D eigenvalue weighted by molar-refractivity contribution is 0.0154. The van der Waals surface area contributed by atoms with Crippen molar-refractivity contribution in [3.63, 3.8) is 0 Å². The number of rotatable bonds is 3. The highest BCUT2D eigenvalue weighted by Gasteiger charge is 2.31. The van der Waals surface area contributed by atoms with E-state index in [2.05, 4.69) is 25.4 Å². The van der Waals surface area contributed by atoms with Gasteiger partial charge in [0.25, 0.3) is 0 Å². The Balaban J connectivity index is 1.45. The summed E-state index contributed by atoms with van der Waals surface area (Å²) in [6.45, 7) is 7.22. The molecule has 3 aliphatic heterocycles. The average molecular weight is 265 g/mol. The van der Waals surface area contributed by atoms with Crippen molar-refractivity contribution < 1.29 is 0 Å².